The number of rotatable bonds is 1. The third-order valence-electron chi connectivity index (χ3n) is 4.04. The third kappa shape index (κ3) is 3.35. The molecule has 0 aromatic heterocycles. The largest absolute Gasteiger partial charge is 0.378 e. The summed E-state index contributed by atoms with van der Waals surface area (Å²) in [4.78, 5) is 13.9. The summed E-state index contributed by atoms with van der Waals surface area (Å²) in [6.45, 7) is 7.35. The van der Waals surface area contributed by atoms with Gasteiger partial charge >= 0.3 is 6.03 Å². The normalized spacial score (nSPS) is 34.5. The molecule has 0 bridgehead atoms. The molecule has 1 saturated carbocycles. The fourth-order valence-electron chi connectivity index (χ4n) is 2.90. The Labute approximate surface area is 104 Å². The zero-order valence-electron chi connectivity index (χ0n) is 10.9. The number of hydrogen-bond donors (Lipinski definition) is 1. The molecule has 3 unspecified atom stereocenters. The number of hydrogen-bond acceptors (Lipinski definition) is 2. The second-order valence-corrected chi connectivity index (χ2v) is 5.55. The third-order valence-corrected chi connectivity index (χ3v) is 4.04. The molecule has 2 aliphatic rings. The van der Waals surface area contributed by atoms with Crippen LogP contribution in [0.25, 0.3) is 0 Å². The van der Waals surface area contributed by atoms with Crippen molar-refractivity contribution >= 4 is 6.03 Å². The van der Waals surface area contributed by atoms with Crippen molar-refractivity contribution in [2.24, 2.45) is 11.8 Å². The summed E-state index contributed by atoms with van der Waals surface area (Å²) < 4.78 is 5.25. The van der Waals surface area contributed by atoms with Gasteiger partial charge in [0.2, 0.25) is 0 Å². The van der Waals surface area contributed by atoms with Crippen molar-refractivity contribution < 1.29 is 9.53 Å². The Kier molecular flexibility index (Phi) is 4.26. The highest BCUT2D eigenvalue weighted by Crippen LogP contribution is 2.28. The van der Waals surface area contributed by atoms with Crippen LogP contribution in [0.3, 0.4) is 0 Å². The van der Waals surface area contributed by atoms with Crippen LogP contribution >= 0.6 is 0 Å². The number of morpholine rings is 1. The average molecular weight is 240 g/mol. The van der Waals surface area contributed by atoms with Gasteiger partial charge in [0.05, 0.1) is 13.2 Å². The summed E-state index contributed by atoms with van der Waals surface area (Å²) >= 11 is 0. The molecule has 17 heavy (non-hydrogen) atoms. The molecule has 0 spiro atoms. The molecule has 4 heteroatoms. The summed E-state index contributed by atoms with van der Waals surface area (Å²) in [5, 5.41) is 3.19. The predicted octanol–water partition coefficient (Wildman–Crippen LogP) is 1.85. The van der Waals surface area contributed by atoms with Crippen LogP contribution < -0.4 is 5.32 Å². The lowest BCUT2D eigenvalue weighted by Gasteiger charge is -2.35. The number of amides is 2. The molecule has 2 rings (SSSR count). The first-order valence-electron chi connectivity index (χ1n) is 6.80. The van der Waals surface area contributed by atoms with Crippen molar-refractivity contribution in [3.8, 4) is 0 Å². The van der Waals surface area contributed by atoms with Crippen molar-refractivity contribution in [1.29, 1.82) is 0 Å². The minimum absolute atomic E-state index is 0.0969. The predicted molar refractivity (Wildman–Crippen MR) is 66.9 cm³/mol. The molecule has 4 nitrogen and oxygen atoms in total. The zero-order chi connectivity index (χ0) is 12.3. The molecule has 3 atom stereocenters. The Bertz CT molecular complexity index is 264. The van der Waals surface area contributed by atoms with E-state index in [0.29, 0.717) is 25.2 Å². The second kappa shape index (κ2) is 5.71. The van der Waals surface area contributed by atoms with Gasteiger partial charge in [-0.1, -0.05) is 13.8 Å². The number of carbonyl (C=O) groups excluding carboxylic acids is 1. The molecule has 1 heterocycles. The Morgan fingerprint density at radius 2 is 1.94 bits per heavy atom. The Hall–Kier alpha value is -0.770. The minimum atomic E-state index is 0.0969. The maximum absolute atomic E-state index is 12.1. The highest BCUT2D eigenvalue weighted by Gasteiger charge is 2.28. The minimum Gasteiger partial charge on any atom is -0.378 e. The van der Waals surface area contributed by atoms with E-state index < -0.39 is 0 Å². The van der Waals surface area contributed by atoms with E-state index >= 15 is 0 Å². The molecule has 2 fully saturated rings. The van der Waals surface area contributed by atoms with Gasteiger partial charge in [0.25, 0.3) is 0 Å². The second-order valence-electron chi connectivity index (χ2n) is 5.55. The molecule has 1 N–H and O–H groups in total. The quantitative estimate of drug-likeness (QED) is 0.760. The Morgan fingerprint density at radius 1 is 1.24 bits per heavy atom. The topological polar surface area (TPSA) is 41.6 Å². The van der Waals surface area contributed by atoms with Crippen LogP contribution in [0.4, 0.5) is 4.79 Å². The van der Waals surface area contributed by atoms with Crippen molar-refractivity contribution in [1.82, 2.24) is 10.2 Å². The van der Waals surface area contributed by atoms with Crippen LogP contribution in [0.15, 0.2) is 0 Å². The molecular weight excluding hydrogens is 216 g/mol. The number of nitrogens with one attached hydrogen (secondary N) is 1. The van der Waals surface area contributed by atoms with Crippen LogP contribution in [-0.4, -0.2) is 43.3 Å². The summed E-state index contributed by atoms with van der Waals surface area (Å²) in [6.07, 6.45) is 3.59. The van der Waals surface area contributed by atoms with Crippen LogP contribution in [0, 0.1) is 11.8 Å². The van der Waals surface area contributed by atoms with Gasteiger partial charge in [-0.3, -0.25) is 0 Å². The highest BCUT2D eigenvalue weighted by molar-refractivity contribution is 5.74. The van der Waals surface area contributed by atoms with Gasteiger partial charge in [-0.25, -0.2) is 4.79 Å². The summed E-state index contributed by atoms with van der Waals surface area (Å²) in [7, 11) is 0. The smallest absolute Gasteiger partial charge is 0.317 e. The van der Waals surface area contributed by atoms with Crippen molar-refractivity contribution in [3.63, 3.8) is 0 Å². The lowest BCUT2D eigenvalue weighted by molar-refractivity contribution is 0.0512. The first-order valence-corrected chi connectivity index (χ1v) is 6.80. The van der Waals surface area contributed by atoms with Crippen LogP contribution in [0.2, 0.25) is 0 Å². The van der Waals surface area contributed by atoms with Crippen LogP contribution in [0.1, 0.15) is 33.1 Å². The maximum atomic E-state index is 12.1. The first kappa shape index (κ1) is 12.7. The monoisotopic (exact) mass is 240 g/mol. The van der Waals surface area contributed by atoms with Crippen molar-refractivity contribution in [2.75, 3.05) is 26.3 Å². The fraction of sp³-hybridized carbons (Fsp3) is 0.923. The summed E-state index contributed by atoms with van der Waals surface area (Å²) in [5.74, 6) is 1.41. The molecule has 1 aliphatic heterocycles. The number of urea groups is 1. The number of carbonyl (C=O) groups is 1. The summed E-state index contributed by atoms with van der Waals surface area (Å²) in [5.41, 5.74) is 0. The van der Waals surface area contributed by atoms with Gasteiger partial charge < -0.3 is 15.0 Å². The SMILES string of the molecule is CC1CCC(NC(=O)N2CCOCC2)C(C)C1. The van der Waals surface area contributed by atoms with E-state index in [9.17, 15) is 4.79 Å². The average Bonchev–Trinajstić information content (AvgIpc) is 2.34. The van der Waals surface area contributed by atoms with Gasteiger partial charge in [-0.05, 0) is 31.1 Å². The molecule has 1 saturated heterocycles. The van der Waals surface area contributed by atoms with Crippen molar-refractivity contribution in [2.45, 2.75) is 39.2 Å². The van der Waals surface area contributed by atoms with Crippen LogP contribution in [-0.2, 0) is 4.74 Å². The molecule has 2 amide bonds. The highest BCUT2D eigenvalue weighted by atomic mass is 16.5. The lowest BCUT2D eigenvalue weighted by atomic mass is 9.80. The van der Waals surface area contributed by atoms with Crippen LogP contribution in [0.5, 0.6) is 0 Å². The fourth-order valence-corrected chi connectivity index (χ4v) is 2.90. The molecule has 0 radical (unpaired) electrons. The zero-order valence-corrected chi connectivity index (χ0v) is 10.9. The van der Waals surface area contributed by atoms with E-state index in [-0.39, 0.29) is 6.03 Å². The molecule has 0 aromatic carbocycles. The van der Waals surface area contributed by atoms with Gasteiger partial charge in [0.1, 0.15) is 0 Å². The van der Waals surface area contributed by atoms with Gasteiger partial charge in [-0.2, -0.15) is 0 Å². The van der Waals surface area contributed by atoms with Gasteiger partial charge in [0.15, 0.2) is 0 Å². The van der Waals surface area contributed by atoms with E-state index in [1.165, 1.54) is 12.8 Å². The van der Waals surface area contributed by atoms with Gasteiger partial charge in [-0.15, -0.1) is 0 Å². The first-order chi connectivity index (χ1) is 8.16. The maximum Gasteiger partial charge on any atom is 0.317 e. The van der Waals surface area contributed by atoms with E-state index in [2.05, 4.69) is 19.2 Å². The van der Waals surface area contributed by atoms with Crippen molar-refractivity contribution in [3.05, 3.63) is 0 Å². The molecule has 0 aromatic rings. The molecule has 98 valence electrons. The number of nitrogens with zero attached hydrogens (tertiary/aromatic N) is 1. The Balaban J connectivity index is 1.81. The van der Waals surface area contributed by atoms with E-state index in [4.69, 9.17) is 4.74 Å². The van der Waals surface area contributed by atoms with E-state index in [1.807, 2.05) is 4.90 Å². The van der Waals surface area contributed by atoms with E-state index in [0.717, 1.165) is 25.4 Å². The van der Waals surface area contributed by atoms with Gasteiger partial charge in [0, 0.05) is 19.1 Å². The molecular formula is C13H24N2O2. The number of ether oxygens (including phenoxy) is 1. The standard InChI is InChI=1S/C13H24N2O2/c1-10-3-4-12(11(2)9-10)14-13(16)15-5-7-17-8-6-15/h10-12H,3-9H2,1-2H3,(H,14,16). The Morgan fingerprint density at radius 3 is 2.59 bits per heavy atom. The molecule has 1 aliphatic carbocycles. The summed E-state index contributed by atoms with van der Waals surface area (Å²) in [6, 6.07) is 0.459. The van der Waals surface area contributed by atoms with E-state index in [1.54, 1.807) is 0 Å². The lowest BCUT2D eigenvalue weighted by Crippen LogP contribution is -2.51.